The van der Waals surface area contributed by atoms with Crippen molar-refractivity contribution >= 4 is 22.6 Å². The van der Waals surface area contributed by atoms with Gasteiger partial charge in [-0.2, -0.15) is 5.10 Å². The standard InChI is InChI=1S/C17H17N5O2/c1-24-16-5-3-11-2-4-13(8-14(11)20-16)19-17(23)22-7-6-12-9-18-21-15(12)10-22/h2-5,8-9H,6-7,10H2,1H3,(H,18,21)(H,19,23). The van der Waals surface area contributed by atoms with Crippen LogP contribution < -0.4 is 10.1 Å². The Morgan fingerprint density at radius 2 is 2.21 bits per heavy atom. The van der Waals surface area contributed by atoms with E-state index in [1.165, 1.54) is 5.56 Å². The van der Waals surface area contributed by atoms with Crippen LogP contribution in [0.3, 0.4) is 0 Å². The number of urea groups is 1. The van der Waals surface area contributed by atoms with Gasteiger partial charge in [-0.1, -0.05) is 6.07 Å². The van der Waals surface area contributed by atoms with Crippen molar-refractivity contribution in [1.29, 1.82) is 0 Å². The first-order valence-corrected chi connectivity index (χ1v) is 7.75. The number of benzene rings is 1. The average Bonchev–Trinajstić information content (AvgIpc) is 3.08. The summed E-state index contributed by atoms with van der Waals surface area (Å²) in [4.78, 5) is 18.7. The zero-order chi connectivity index (χ0) is 16.5. The minimum atomic E-state index is -0.127. The van der Waals surface area contributed by atoms with Crippen molar-refractivity contribution in [2.24, 2.45) is 0 Å². The molecule has 2 amide bonds. The molecule has 2 N–H and O–H groups in total. The molecule has 4 rings (SSSR count). The molecule has 7 nitrogen and oxygen atoms in total. The summed E-state index contributed by atoms with van der Waals surface area (Å²) in [5.41, 5.74) is 3.67. The second-order valence-electron chi connectivity index (χ2n) is 5.74. The Bertz CT molecular complexity index is 905. The SMILES string of the molecule is COc1ccc2ccc(NC(=O)N3CCc4cn[nH]c4C3)cc2n1. The third-order valence-electron chi connectivity index (χ3n) is 4.22. The molecule has 0 atom stereocenters. The van der Waals surface area contributed by atoms with Crippen LogP contribution in [0.25, 0.3) is 10.9 Å². The zero-order valence-electron chi connectivity index (χ0n) is 13.2. The van der Waals surface area contributed by atoms with Gasteiger partial charge in [-0.25, -0.2) is 9.78 Å². The second kappa shape index (κ2) is 5.84. The number of aromatic amines is 1. The summed E-state index contributed by atoms with van der Waals surface area (Å²) in [6, 6.07) is 9.28. The fraction of sp³-hybridized carbons (Fsp3) is 0.235. The predicted octanol–water partition coefficient (Wildman–Crippen LogP) is 2.56. The van der Waals surface area contributed by atoms with Crippen molar-refractivity contribution < 1.29 is 9.53 Å². The molecule has 3 heterocycles. The number of nitrogens with zero attached hydrogens (tertiary/aromatic N) is 3. The highest BCUT2D eigenvalue weighted by atomic mass is 16.5. The molecular weight excluding hydrogens is 306 g/mol. The number of methoxy groups -OCH3 is 1. The van der Waals surface area contributed by atoms with Crippen LogP contribution >= 0.6 is 0 Å². The van der Waals surface area contributed by atoms with Crippen LogP contribution in [0.2, 0.25) is 0 Å². The average molecular weight is 323 g/mol. The Morgan fingerprint density at radius 3 is 3.08 bits per heavy atom. The van der Waals surface area contributed by atoms with Crippen molar-refractivity contribution in [1.82, 2.24) is 20.1 Å². The molecule has 24 heavy (non-hydrogen) atoms. The van der Waals surface area contributed by atoms with Crippen LogP contribution in [-0.2, 0) is 13.0 Å². The number of ether oxygens (including phenoxy) is 1. The number of aromatic nitrogens is 3. The zero-order valence-corrected chi connectivity index (χ0v) is 13.2. The number of anilines is 1. The van der Waals surface area contributed by atoms with Gasteiger partial charge in [0.25, 0.3) is 0 Å². The number of hydrogen-bond acceptors (Lipinski definition) is 4. The van der Waals surface area contributed by atoms with Crippen LogP contribution in [0, 0.1) is 0 Å². The van der Waals surface area contributed by atoms with E-state index in [1.807, 2.05) is 36.5 Å². The van der Waals surface area contributed by atoms with Crippen molar-refractivity contribution in [2.45, 2.75) is 13.0 Å². The first-order valence-electron chi connectivity index (χ1n) is 7.75. The number of pyridine rings is 1. The molecule has 0 saturated carbocycles. The maximum atomic E-state index is 12.5. The smallest absolute Gasteiger partial charge is 0.322 e. The number of amides is 2. The monoisotopic (exact) mass is 323 g/mol. The Kier molecular flexibility index (Phi) is 3.53. The lowest BCUT2D eigenvalue weighted by atomic mass is 10.1. The van der Waals surface area contributed by atoms with Gasteiger partial charge in [0.1, 0.15) is 0 Å². The van der Waals surface area contributed by atoms with E-state index < -0.39 is 0 Å². The maximum absolute atomic E-state index is 12.5. The van der Waals surface area contributed by atoms with Gasteiger partial charge in [0.15, 0.2) is 0 Å². The molecule has 0 unspecified atom stereocenters. The summed E-state index contributed by atoms with van der Waals surface area (Å²) in [5.74, 6) is 0.550. The van der Waals surface area contributed by atoms with E-state index in [2.05, 4.69) is 20.5 Å². The van der Waals surface area contributed by atoms with Crippen molar-refractivity contribution in [3.63, 3.8) is 0 Å². The largest absolute Gasteiger partial charge is 0.481 e. The minimum Gasteiger partial charge on any atom is -0.481 e. The highest BCUT2D eigenvalue weighted by molar-refractivity contribution is 5.92. The van der Waals surface area contributed by atoms with E-state index >= 15 is 0 Å². The van der Waals surface area contributed by atoms with E-state index in [1.54, 1.807) is 12.0 Å². The second-order valence-corrected chi connectivity index (χ2v) is 5.74. The van der Waals surface area contributed by atoms with E-state index in [0.29, 0.717) is 24.7 Å². The summed E-state index contributed by atoms with van der Waals surface area (Å²) in [5, 5.41) is 10.9. The Labute approximate surface area is 138 Å². The number of H-pyrrole nitrogens is 1. The molecule has 1 aliphatic heterocycles. The predicted molar refractivity (Wildman–Crippen MR) is 90.0 cm³/mol. The Balaban J connectivity index is 1.52. The lowest BCUT2D eigenvalue weighted by Gasteiger charge is -2.26. The van der Waals surface area contributed by atoms with E-state index in [0.717, 1.165) is 23.0 Å². The molecule has 122 valence electrons. The summed E-state index contributed by atoms with van der Waals surface area (Å²) in [7, 11) is 1.58. The third-order valence-corrected chi connectivity index (χ3v) is 4.22. The normalized spacial score (nSPS) is 13.6. The summed E-state index contributed by atoms with van der Waals surface area (Å²) in [6.07, 6.45) is 2.64. The fourth-order valence-corrected chi connectivity index (χ4v) is 2.88. The third kappa shape index (κ3) is 2.64. The molecule has 0 radical (unpaired) electrons. The van der Waals surface area contributed by atoms with E-state index in [9.17, 15) is 4.79 Å². The molecular formula is C17H17N5O2. The van der Waals surface area contributed by atoms with Crippen LogP contribution in [0.15, 0.2) is 36.5 Å². The number of rotatable bonds is 2. The Hall–Kier alpha value is -3.09. The lowest BCUT2D eigenvalue weighted by Crippen LogP contribution is -2.38. The molecule has 0 fully saturated rings. The van der Waals surface area contributed by atoms with Gasteiger partial charge in [-0.05, 0) is 30.2 Å². The molecule has 0 aliphatic carbocycles. The molecule has 3 aromatic rings. The van der Waals surface area contributed by atoms with Gasteiger partial charge in [-0.3, -0.25) is 5.10 Å². The number of fused-ring (bicyclic) bond motifs is 2. The quantitative estimate of drug-likeness (QED) is 0.759. The summed E-state index contributed by atoms with van der Waals surface area (Å²) in [6.45, 7) is 1.22. The van der Waals surface area contributed by atoms with Gasteiger partial charge in [0.05, 0.1) is 31.1 Å². The van der Waals surface area contributed by atoms with Gasteiger partial charge in [0.2, 0.25) is 5.88 Å². The van der Waals surface area contributed by atoms with E-state index in [-0.39, 0.29) is 6.03 Å². The molecule has 2 aromatic heterocycles. The number of nitrogens with one attached hydrogen (secondary N) is 2. The van der Waals surface area contributed by atoms with Gasteiger partial charge in [0, 0.05) is 23.7 Å². The van der Waals surface area contributed by atoms with E-state index in [4.69, 9.17) is 4.74 Å². The minimum absolute atomic E-state index is 0.127. The molecule has 1 aliphatic rings. The molecule has 7 heteroatoms. The molecule has 0 spiro atoms. The maximum Gasteiger partial charge on any atom is 0.322 e. The summed E-state index contributed by atoms with van der Waals surface area (Å²) >= 11 is 0. The summed E-state index contributed by atoms with van der Waals surface area (Å²) < 4.78 is 5.15. The fourth-order valence-electron chi connectivity index (χ4n) is 2.88. The van der Waals surface area contributed by atoms with Gasteiger partial charge >= 0.3 is 6.03 Å². The Morgan fingerprint density at radius 1 is 1.33 bits per heavy atom. The van der Waals surface area contributed by atoms with Crippen LogP contribution in [0.5, 0.6) is 5.88 Å². The van der Waals surface area contributed by atoms with Crippen LogP contribution in [0.1, 0.15) is 11.3 Å². The highest BCUT2D eigenvalue weighted by Gasteiger charge is 2.22. The number of hydrogen-bond donors (Lipinski definition) is 2. The first-order chi connectivity index (χ1) is 11.7. The lowest BCUT2D eigenvalue weighted by molar-refractivity contribution is 0.205. The van der Waals surface area contributed by atoms with Gasteiger partial charge < -0.3 is 15.0 Å². The van der Waals surface area contributed by atoms with Crippen molar-refractivity contribution in [2.75, 3.05) is 19.0 Å². The number of carbonyl (C=O) groups excluding carboxylic acids is 1. The molecule has 0 bridgehead atoms. The number of carbonyl (C=O) groups is 1. The molecule has 1 aromatic carbocycles. The first kappa shape index (κ1) is 14.5. The van der Waals surface area contributed by atoms with Crippen molar-refractivity contribution in [3.8, 4) is 5.88 Å². The van der Waals surface area contributed by atoms with Gasteiger partial charge in [-0.15, -0.1) is 0 Å². The van der Waals surface area contributed by atoms with Crippen LogP contribution in [-0.4, -0.2) is 39.8 Å². The topological polar surface area (TPSA) is 83.1 Å². The highest BCUT2D eigenvalue weighted by Crippen LogP contribution is 2.22. The van der Waals surface area contributed by atoms with Crippen LogP contribution in [0.4, 0.5) is 10.5 Å². The van der Waals surface area contributed by atoms with Crippen molar-refractivity contribution in [3.05, 3.63) is 47.8 Å². The molecule has 0 saturated heterocycles.